The predicted octanol–water partition coefficient (Wildman–Crippen LogP) is 2.76. The van der Waals surface area contributed by atoms with Crippen molar-refractivity contribution >= 4 is 10.8 Å². The SMILES string of the molecule is C[OH+]c1ccc2cc(C(C)O)ccc2c1. The van der Waals surface area contributed by atoms with Crippen LogP contribution in [0.3, 0.4) is 0 Å². The Labute approximate surface area is 89.1 Å². The summed E-state index contributed by atoms with van der Waals surface area (Å²) in [5, 5.41) is 11.8. The topological polar surface area (TPSA) is 33.0 Å². The van der Waals surface area contributed by atoms with E-state index in [9.17, 15) is 5.11 Å². The van der Waals surface area contributed by atoms with Gasteiger partial charge in [0, 0.05) is 12.1 Å². The van der Waals surface area contributed by atoms with E-state index in [2.05, 4.69) is 4.74 Å². The fraction of sp³-hybridized carbons (Fsp3) is 0.231. The number of benzene rings is 2. The third-order valence-corrected chi connectivity index (χ3v) is 2.59. The van der Waals surface area contributed by atoms with Crippen molar-refractivity contribution in [2.24, 2.45) is 0 Å². The molecule has 78 valence electrons. The smallest absolute Gasteiger partial charge is 0.255 e. The summed E-state index contributed by atoms with van der Waals surface area (Å²) in [4.78, 5) is 0. The average molecular weight is 203 g/mol. The van der Waals surface area contributed by atoms with E-state index in [1.807, 2.05) is 36.4 Å². The zero-order valence-corrected chi connectivity index (χ0v) is 8.94. The summed E-state index contributed by atoms with van der Waals surface area (Å²) >= 11 is 0. The lowest BCUT2D eigenvalue weighted by atomic mass is 10.0. The lowest BCUT2D eigenvalue weighted by Gasteiger charge is -2.06. The van der Waals surface area contributed by atoms with Crippen LogP contribution < -0.4 is 0 Å². The highest BCUT2D eigenvalue weighted by atomic mass is 16.5. The van der Waals surface area contributed by atoms with Gasteiger partial charge in [0.15, 0.2) is 7.11 Å². The molecule has 0 saturated heterocycles. The summed E-state index contributed by atoms with van der Waals surface area (Å²) in [6, 6.07) is 12.0. The van der Waals surface area contributed by atoms with E-state index >= 15 is 0 Å². The molecular weight excluding hydrogens is 188 g/mol. The van der Waals surface area contributed by atoms with Crippen LogP contribution in [-0.2, 0) is 0 Å². The molecule has 0 saturated carbocycles. The molecule has 0 bridgehead atoms. The molecule has 2 nitrogen and oxygen atoms in total. The van der Waals surface area contributed by atoms with Crippen molar-refractivity contribution in [3.8, 4) is 5.75 Å². The molecule has 2 N–H and O–H groups in total. The molecule has 0 heterocycles. The normalized spacial score (nSPS) is 12.7. The molecule has 2 rings (SSSR count). The van der Waals surface area contributed by atoms with Gasteiger partial charge in [0.05, 0.1) is 6.10 Å². The number of hydrogen-bond donors (Lipinski definition) is 1. The monoisotopic (exact) mass is 203 g/mol. The number of aliphatic hydroxyl groups excluding tert-OH is 1. The number of rotatable bonds is 2. The Bertz CT molecular complexity index is 475. The van der Waals surface area contributed by atoms with Crippen LogP contribution >= 0.6 is 0 Å². The molecule has 0 spiro atoms. The van der Waals surface area contributed by atoms with E-state index in [1.165, 1.54) is 0 Å². The number of aromatic hydroxyl groups is 1. The van der Waals surface area contributed by atoms with Gasteiger partial charge in [-0.1, -0.05) is 12.1 Å². The molecule has 0 amide bonds. The van der Waals surface area contributed by atoms with E-state index in [1.54, 1.807) is 14.0 Å². The van der Waals surface area contributed by atoms with Gasteiger partial charge < -0.3 is 9.84 Å². The Morgan fingerprint density at radius 3 is 2.40 bits per heavy atom. The average Bonchev–Trinajstić information content (AvgIpc) is 2.27. The maximum Gasteiger partial charge on any atom is 0.255 e. The highest BCUT2D eigenvalue weighted by Crippen LogP contribution is 2.24. The predicted molar refractivity (Wildman–Crippen MR) is 62.2 cm³/mol. The van der Waals surface area contributed by atoms with Crippen molar-refractivity contribution in [1.29, 1.82) is 0 Å². The summed E-state index contributed by atoms with van der Waals surface area (Å²) in [6.45, 7) is 1.77. The Morgan fingerprint density at radius 1 is 1.07 bits per heavy atom. The van der Waals surface area contributed by atoms with Crippen LogP contribution in [0.1, 0.15) is 18.6 Å². The third-order valence-electron chi connectivity index (χ3n) is 2.59. The van der Waals surface area contributed by atoms with Gasteiger partial charge in [-0.3, -0.25) is 0 Å². The van der Waals surface area contributed by atoms with E-state index in [0.29, 0.717) is 0 Å². The second-order valence-electron chi connectivity index (χ2n) is 3.69. The highest BCUT2D eigenvalue weighted by molar-refractivity contribution is 5.84. The Balaban J connectivity index is 2.55. The minimum Gasteiger partial charge on any atom is -0.585 e. The summed E-state index contributed by atoms with van der Waals surface area (Å²) < 4.78 is 4.13. The van der Waals surface area contributed by atoms with Crippen LogP contribution in [0.5, 0.6) is 5.75 Å². The molecular formula is C13H15O2+. The summed E-state index contributed by atoms with van der Waals surface area (Å²) in [5.74, 6) is 0.979. The molecule has 1 atom stereocenters. The molecule has 2 aromatic rings. The first kappa shape index (κ1) is 9.99. The van der Waals surface area contributed by atoms with Gasteiger partial charge in [-0.15, -0.1) is 0 Å². The van der Waals surface area contributed by atoms with Gasteiger partial charge >= 0.3 is 0 Å². The van der Waals surface area contributed by atoms with E-state index in [0.717, 1.165) is 22.1 Å². The summed E-state index contributed by atoms with van der Waals surface area (Å²) in [5.41, 5.74) is 0.948. The summed E-state index contributed by atoms with van der Waals surface area (Å²) in [6.07, 6.45) is -0.412. The molecule has 0 aliphatic heterocycles. The molecule has 0 fully saturated rings. The van der Waals surface area contributed by atoms with E-state index in [-0.39, 0.29) is 0 Å². The number of hydrogen-bond acceptors (Lipinski definition) is 1. The molecule has 0 aliphatic rings. The van der Waals surface area contributed by atoms with Crippen molar-refractivity contribution in [2.45, 2.75) is 13.0 Å². The van der Waals surface area contributed by atoms with Crippen molar-refractivity contribution < 1.29 is 9.84 Å². The summed E-state index contributed by atoms with van der Waals surface area (Å²) in [7, 11) is 1.78. The Morgan fingerprint density at radius 2 is 1.73 bits per heavy atom. The van der Waals surface area contributed by atoms with Gasteiger partial charge in [0.2, 0.25) is 0 Å². The zero-order valence-electron chi connectivity index (χ0n) is 8.94. The van der Waals surface area contributed by atoms with Crippen molar-refractivity contribution in [3.63, 3.8) is 0 Å². The number of aliphatic hydroxyl groups is 2. The van der Waals surface area contributed by atoms with Gasteiger partial charge in [0.25, 0.3) is 5.75 Å². The number of ether oxygens (including phenoxy) is 1. The minimum absolute atomic E-state index is 0.412. The molecule has 1 unspecified atom stereocenters. The minimum atomic E-state index is -0.412. The fourth-order valence-corrected chi connectivity index (χ4v) is 1.65. The van der Waals surface area contributed by atoms with Crippen LogP contribution in [0.4, 0.5) is 0 Å². The molecule has 2 heteroatoms. The van der Waals surface area contributed by atoms with Crippen LogP contribution in [0.25, 0.3) is 10.8 Å². The molecule has 0 aliphatic carbocycles. The van der Waals surface area contributed by atoms with E-state index < -0.39 is 6.10 Å². The first-order chi connectivity index (χ1) is 7.20. The molecule has 0 radical (unpaired) electrons. The van der Waals surface area contributed by atoms with Gasteiger partial charge in [0.1, 0.15) is 0 Å². The molecule has 15 heavy (non-hydrogen) atoms. The largest absolute Gasteiger partial charge is 0.585 e. The highest BCUT2D eigenvalue weighted by Gasteiger charge is 2.03. The third kappa shape index (κ3) is 1.95. The quantitative estimate of drug-likeness (QED) is 0.748. The maximum atomic E-state index is 9.47. The lowest BCUT2D eigenvalue weighted by Crippen LogP contribution is -1.90. The lowest BCUT2D eigenvalue weighted by molar-refractivity contribution is 0.137. The van der Waals surface area contributed by atoms with Gasteiger partial charge in [-0.25, -0.2) is 0 Å². The first-order valence-corrected chi connectivity index (χ1v) is 5.02. The van der Waals surface area contributed by atoms with Crippen LogP contribution in [0, 0.1) is 0 Å². The fourth-order valence-electron chi connectivity index (χ4n) is 1.65. The Hall–Kier alpha value is -1.54. The maximum absolute atomic E-state index is 9.47. The molecule has 2 aromatic carbocycles. The number of fused-ring (bicyclic) bond motifs is 1. The standard InChI is InChI=1S/C13H14O2/c1-9(14)10-3-4-12-8-13(15-2)6-5-11(12)7-10/h3-9,14H,1-2H3/p+1. The molecule has 0 aromatic heterocycles. The van der Waals surface area contributed by atoms with E-state index in [4.69, 9.17) is 0 Å². The second-order valence-corrected chi connectivity index (χ2v) is 3.69. The van der Waals surface area contributed by atoms with Crippen molar-refractivity contribution in [1.82, 2.24) is 0 Å². The Kier molecular flexibility index (Phi) is 2.60. The van der Waals surface area contributed by atoms with Crippen molar-refractivity contribution in [2.75, 3.05) is 7.11 Å². The van der Waals surface area contributed by atoms with Crippen LogP contribution in [-0.4, -0.2) is 17.0 Å². The van der Waals surface area contributed by atoms with Crippen LogP contribution in [0.15, 0.2) is 36.4 Å². The second kappa shape index (κ2) is 3.91. The van der Waals surface area contributed by atoms with Crippen molar-refractivity contribution in [3.05, 3.63) is 42.0 Å². The van der Waals surface area contributed by atoms with Gasteiger partial charge in [-0.2, -0.15) is 0 Å². The van der Waals surface area contributed by atoms with Gasteiger partial charge in [-0.05, 0) is 35.4 Å². The zero-order chi connectivity index (χ0) is 10.8. The first-order valence-electron chi connectivity index (χ1n) is 5.02. The van der Waals surface area contributed by atoms with Crippen LogP contribution in [0.2, 0.25) is 0 Å².